The summed E-state index contributed by atoms with van der Waals surface area (Å²) in [6.07, 6.45) is -6.08. The van der Waals surface area contributed by atoms with Crippen LogP contribution >= 0.6 is 39.1 Å². The molecule has 4 atom stereocenters. The molecule has 0 amide bonds. The number of nitrogens with zero attached hydrogens (tertiary/aromatic N) is 3. The molecule has 328 valence electrons. The van der Waals surface area contributed by atoms with Gasteiger partial charge in [-0.05, 0) is 96.1 Å². The SMILES string of the molecule is N=c1c2c(-c3ccc(Cl)cc3)cc(-c3ccc(Br)cc3)nc2n([C@@H]2O[C@H](COC(=O)c3ccccc3)[C@@H](OC(=O)c3ccccc3)[C@H]2OC(=O)c2ccccc2)c(=O)n1-c1cccc(Cl)c1. The normalized spacial score (nSPS) is 16.7. The van der Waals surface area contributed by atoms with Crippen LogP contribution in [0, 0.1) is 5.41 Å². The molecule has 1 fully saturated rings. The summed E-state index contributed by atoms with van der Waals surface area (Å²) in [7, 11) is 0. The van der Waals surface area contributed by atoms with E-state index in [-0.39, 0.29) is 43.9 Å². The molecule has 2 aromatic heterocycles. The topological polar surface area (TPSA) is 152 Å². The van der Waals surface area contributed by atoms with Gasteiger partial charge in [-0.1, -0.05) is 124 Å². The van der Waals surface area contributed by atoms with Crippen LogP contribution in [0.15, 0.2) is 179 Å². The Morgan fingerprint density at radius 2 is 1.21 bits per heavy atom. The minimum atomic E-state index is -1.64. The second-order valence-corrected chi connectivity index (χ2v) is 16.9. The lowest BCUT2D eigenvalue weighted by Gasteiger charge is -2.26. The molecule has 66 heavy (non-hydrogen) atoms. The molecular weight excluding hydrogens is 947 g/mol. The predicted molar refractivity (Wildman–Crippen MR) is 252 cm³/mol. The van der Waals surface area contributed by atoms with E-state index in [0.29, 0.717) is 27.4 Å². The van der Waals surface area contributed by atoms with Gasteiger partial charge in [0.2, 0.25) is 0 Å². The predicted octanol–water partition coefficient (Wildman–Crippen LogP) is 10.3. The molecule has 9 rings (SSSR count). The smallest absolute Gasteiger partial charge is 0.338 e. The Bertz CT molecular complexity index is 3230. The number of nitrogens with one attached hydrogen (secondary N) is 1. The van der Waals surface area contributed by atoms with Crippen molar-refractivity contribution in [1.82, 2.24) is 14.1 Å². The van der Waals surface area contributed by atoms with Crippen LogP contribution in [0.4, 0.5) is 0 Å². The number of carbonyl (C=O) groups excluding carboxylic acids is 3. The van der Waals surface area contributed by atoms with E-state index in [4.69, 9.17) is 47.1 Å². The maximum atomic E-state index is 15.6. The summed E-state index contributed by atoms with van der Waals surface area (Å²) in [6, 6.07) is 47.1. The van der Waals surface area contributed by atoms with Gasteiger partial charge < -0.3 is 18.9 Å². The van der Waals surface area contributed by atoms with Crippen molar-refractivity contribution >= 4 is 68.1 Å². The van der Waals surface area contributed by atoms with Gasteiger partial charge in [0.1, 0.15) is 18.2 Å². The third kappa shape index (κ3) is 9.06. The molecule has 15 heteroatoms. The average molecular weight is 983 g/mol. The van der Waals surface area contributed by atoms with E-state index in [0.717, 1.165) is 9.04 Å². The number of hydrogen-bond acceptors (Lipinski definition) is 10. The van der Waals surface area contributed by atoms with Crippen molar-refractivity contribution < 1.29 is 33.3 Å². The van der Waals surface area contributed by atoms with Crippen molar-refractivity contribution in [3.05, 3.63) is 217 Å². The Kier molecular flexibility index (Phi) is 12.8. The first-order valence-electron chi connectivity index (χ1n) is 20.5. The second kappa shape index (κ2) is 19.1. The molecule has 0 spiro atoms. The Labute approximate surface area is 395 Å². The number of hydrogen-bond donors (Lipinski definition) is 1. The number of fused-ring (bicyclic) bond motifs is 1. The molecule has 0 radical (unpaired) electrons. The van der Waals surface area contributed by atoms with Crippen LogP contribution in [0.3, 0.4) is 0 Å². The molecule has 1 saturated heterocycles. The Morgan fingerprint density at radius 3 is 1.80 bits per heavy atom. The first-order valence-corrected chi connectivity index (χ1v) is 22.0. The van der Waals surface area contributed by atoms with Crippen LogP contribution in [0.25, 0.3) is 39.1 Å². The Morgan fingerprint density at radius 1 is 0.652 bits per heavy atom. The minimum absolute atomic E-state index is 0.0468. The summed E-state index contributed by atoms with van der Waals surface area (Å²) in [5.41, 5.74) is 1.81. The van der Waals surface area contributed by atoms with E-state index >= 15 is 4.79 Å². The van der Waals surface area contributed by atoms with Crippen LogP contribution in [-0.4, -0.2) is 56.9 Å². The lowest BCUT2D eigenvalue weighted by molar-refractivity contribution is -0.0625. The number of pyridine rings is 1. The van der Waals surface area contributed by atoms with Crippen molar-refractivity contribution in [2.75, 3.05) is 6.61 Å². The number of benzene rings is 6. The molecule has 0 bridgehead atoms. The van der Waals surface area contributed by atoms with Crippen molar-refractivity contribution in [2.24, 2.45) is 0 Å². The van der Waals surface area contributed by atoms with Crippen LogP contribution in [0.5, 0.6) is 0 Å². The average Bonchev–Trinajstić information content (AvgIpc) is 3.66. The van der Waals surface area contributed by atoms with Gasteiger partial charge in [-0.25, -0.2) is 33.3 Å². The molecule has 0 unspecified atom stereocenters. The van der Waals surface area contributed by atoms with Crippen molar-refractivity contribution in [3.63, 3.8) is 0 Å². The third-order valence-electron chi connectivity index (χ3n) is 10.9. The van der Waals surface area contributed by atoms with E-state index in [2.05, 4.69) is 15.9 Å². The van der Waals surface area contributed by atoms with Crippen LogP contribution < -0.4 is 11.2 Å². The van der Waals surface area contributed by atoms with E-state index < -0.39 is 54.7 Å². The molecular formula is C51H35BrCl2N4O8. The van der Waals surface area contributed by atoms with E-state index in [1.807, 2.05) is 30.3 Å². The molecule has 1 aliphatic rings. The molecule has 6 aromatic carbocycles. The van der Waals surface area contributed by atoms with Gasteiger partial charge in [-0.3, -0.25) is 5.41 Å². The van der Waals surface area contributed by atoms with Crippen molar-refractivity contribution in [1.29, 1.82) is 5.41 Å². The quantitative estimate of drug-likeness (QED) is 0.0986. The number of carbonyl (C=O) groups is 3. The van der Waals surface area contributed by atoms with Gasteiger partial charge in [0.25, 0.3) is 0 Å². The van der Waals surface area contributed by atoms with Gasteiger partial charge in [0, 0.05) is 20.1 Å². The van der Waals surface area contributed by atoms with E-state index in [1.54, 1.807) is 133 Å². The maximum Gasteiger partial charge on any atom is 0.338 e. The van der Waals surface area contributed by atoms with Crippen LogP contribution in [-0.2, 0) is 18.9 Å². The van der Waals surface area contributed by atoms with Gasteiger partial charge in [-0.2, -0.15) is 0 Å². The zero-order valence-electron chi connectivity index (χ0n) is 34.4. The van der Waals surface area contributed by atoms with E-state index in [9.17, 15) is 19.8 Å². The fraction of sp³-hybridized carbons (Fsp3) is 0.0980. The summed E-state index contributed by atoms with van der Waals surface area (Å²) in [4.78, 5) is 62.4. The second-order valence-electron chi connectivity index (χ2n) is 15.1. The largest absolute Gasteiger partial charge is 0.459 e. The van der Waals surface area contributed by atoms with Crippen molar-refractivity contribution in [2.45, 2.75) is 24.5 Å². The number of ether oxygens (including phenoxy) is 4. The zero-order chi connectivity index (χ0) is 45.9. The maximum absolute atomic E-state index is 15.6. The highest BCUT2D eigenvalue weighted by atomic mass is 79.9. The summed E-state index contributed by atoms with van der Waals surface area (Å²) in [5.74, 6) is -2.35. The van der Waals surface area contributed by atoms with Crippen LogP contribution in [0.1, 0.15) is 37.3 Å². The lowest BCUT2D eigenvalue weighted by atomic mass is 9.99. The first-order chi connectivity index (χ1) is 32.0. The van der Waals surface area contributed by atoms with Gasteiger partial charge in [-0.15, -0.1) is 0 Å². The molecule has 8 aromatic rings. The number of halogens is 3. The summed E-state index contributed by atoms with van der Waals surface area (Å²) in [5, 5.41) is 10.8. The molecule has 0 saturated carbocycles. The van der Waals surface area contributed by atoms with Gasteiger partial charge in [0.15, 0.2) is 24.1 Å². The number of aromatic nitrogens is 3. The van der Waals surface area contributed by atoms with Crippen molar-refractivity contribution in [3.8, 4) is 28.1 Å². The van der Waals surface area contributed by atoms with Crippen LogP contribution in [0.2, 0.25) is 10.0 Å². The number of esters is 3. The zero-order valence-corrected chi connectivity index (χ0v) is 37.5. The highest BCUT2D eigenvalue weighted by molar-refractivity contribution is 9.10. The molecule has 3 heterocycles. The minimum Gasteiger partial charge on any atom is -0.459 e. The lowest BCUT2D eigenvalue weighted by Crippen LogP contribution is -2.46. The highest BCUT2D eigenvalue weighted by Crippen LogP contribution is 2.38. The fourth-order valence-corrected chi connectivity index (χ4v) is 8.29. The summed E-state index contributed by atoms with van der Waals surface area (Å²) < 4.78 is 28.2. The fourth-order valence-electron chi connectivity index (χ4n) is 7.72. The summed E-state index contributed by atoms with van der Waals surface area (Å²) >= 11 is 16.4. The Balaban J connectivity index is 1.32. The van der Waals surface area contributed by atoms with Gasteiger partial charge in [0.05, 0.1) is 33.5 Å². The van der Waals surface area contributed by atoms with Gasteiger partial charge >= 0.3 is 23.6 Å². The molecule has 12 nitrogen and oxygen atoms in total. The van der Waals surface area contributed by atoms with E-state index in [1.165, 1.54) is 10.6 Å². The summed E-state index contributed by atoms with van der Waals surface area (Å²) in [6.45, 7) is -0.512. The standard InChI is InChI=1S/C51H35BrCl2N4O8/c52-35-23-19-31(20-24-35)40-28-39(30-21-25-36(53)26-22-30)42-45(55)57(38-18-10-17-37(54)27-38)51(62)58(46(42)56-40)47-44(66-50(61)34-15-8-3-9-16-34)43(65-49(60)33-13-6-2-7-14-33)41(64-47)29-63-48(59)32-11-4-1-5-12-32/h1-28,41,43-44,47,55H,29H2/t41-,43-,44-,47-/m1/s1. The molecule has 1 N–H and O–H groups in total. The third-order valence-corrected chi connectivity index (χ3v) is 11.9. The monoisotopic (exact) mass is 980 g/mol. The first kappa shape index (κ1) is 44.1. The molecule has 0 aliphatic carbocycles. The highest BCUT2D eigenvalue weighted by Gasteiger charge is 2.52. The number of rotatable bonds is 11. The molecule has 1 aliphatic heterocycles. The Hall–Kier alpha value is -7.16.